The third-order valence-electron chi connectivity index (χ3n) is 2.38. The number of hydrogen-bond acceptors (Lipinski definition) is 4. The van der Waals surface area contributed by atoms with Gasteiger partial charge in [0.25, 0.3) is 5.88 Å². The molecule has 0 aromatic carbocycles. The first-order valence-electron chi connectivity index (χ1n) is 5.58. The molecule has 0 aliphatic carbocycles. The quantitative estimate of drug-likeness (QED) is 0.802. The van der Waals surface area contributed by atoms with Gasteiger partial charge in [0, 0.05) is 11.7 Å². The number of rotatable bonds is 6. The normalized spacial score (nSPS) is 14.2. The van der Waals surface area contributed by atoms with Gasteiger partial charge in [-0.15, -0.1) is 0 Å². The molecule has 1 aromatic heterocycles. The smallest absolute Gasteiger partial charge is 0.257 e. The van der Waals surface area contributed by atoms with Gasteiger partial charge in [0.2, 0.25) is 0 Å². The summed E-state index contributed by atoms with van der Waals surface area (Å²) in [6.07, 6.45) is 2.53. The van der Waals surface area contributed by atoms with Crippen molar-refractivity contribution in [1.29, 1.82) is 0 Å². The SMILES string of the molecule is CCOc1cccnc1OCC(C)(N)CC. The molecule has 0 aliphatic rings. The third-order valence-corrected chi connectivity index (χ3v) is 2.38. The summed E-state index contributed by atoms with van der Waals surface area (Å²) in [7, 11) is 0. The number of aromatic nitrogens is 1. The van der Waals surface area contributed by atoms with E-state index in [4.69, 9.17) is 15.2 Å². The van der Waals surface area contributed by atoms with Crippen molar-refractivity contribution >= 4 is 0 Å². The molecule has 0 radical (unpaired) electrons. The Labute approximate surface area is 96.8 Å². The number of nitrogens with two attached hydrogens (primary N) is 1. The molecule has 4 heteroatoms. The summed E-state index contributed by atoms with van der Waals surface area (Å²) in [5, 5.41) is 0. The van der Waals surface area contributed by atoms with Crippen LogP contribution in [0.5, 0.6) is 11.6 Å². The Morgan fingerprint density at radius 1 is 1.38 bits per heavy atom. The van der Waals surface area contributed by atoms with Crippen LogP contribution >= 0.6 is 0 Å². The lowest BCUT2D eigenvalue weighted by molar-refractivity contribution is 0.205. The van der Waals surface area contributed by atoms with Crippen LogP contribution in [0.4, 0.5) is 0 Å². The Morgan fingerprint density at radius 3 is 2.75 bits per heavy atom. The molecule has 1 aromatic rings. The lowest BCUT2D eigenvalue weighted by Gasteiger charge is -2.22. The minimum Gasteiger partial charge on any atom is -0.488 e. The average molecular weight is 224 g/mol. The number of nitrogens with zero attached hydrogens (tertiary/aromatic N) is 1. The van der Waals surface area contributed by atoms with Gasteiger partial charge in [0.1, 0.15) is 6.61 Å². The Kier molecular flexibility index (Phi) is 4.55. The van der Waals surface area contributed by atoms with Gasteiger partial charge >= 0.3 is 0 Å². The van der Waals surface area contributed by atoms with Crippen LogP contribution in [-0.2, 0) is 0 Å². The van der Waals surface area contributed by atoms with E-state index in [2.05, 4.69) is 4.98 Å². The van der Waals surface area contributed by atoms with E-state index in [0.717, 1.165) is 6.42 Å². The topological polar surface area (TPSA) is 57.4 Å². The summed E-state index contributed by atoms with van der Waals surface area (Å²) in [6.45, 7) is 6.94. The zero-order valence-corrected chi connectivity index (χ0v) is 10.2. The van der Waals surface area contributed by atoms with Gasteiger partial charge in [0.15, 0.2) is 5.75 Å². The molecular weight excluding hydrogens is 204 g/mol. The predicted molar refractivity (Wildman–Crippen MR) is 63.8 cm³/mol. The van der Waals surface area contributed by atoms with Crippen LogP contribution in [0.3, 0.4) is 0 Å². The van der Waals surface area contributed by atoms with Crippen molar-refractivity contribution < 1.29 is 9.47 Å². The van der Waals surface area contributed by atoms with Gasteiger partial charge in [-0.1, -0.05) is 6.92 Å². The zero-order valence-electron chi connectivity index (χ0n) is 10.2. The number of ether oxygens (including phenoxy) is 2. The fourth-order valence-corrected chi connectivity index (χ4v) is 1.09. The summed E-state index contributed by atoms with van der Waals surface area (Å²) < 4.78 is 11.0. The molecule has 0 spiro atoms. The van der Waals surface area contributed by atoms with E-state index < -0.39 is 0 Å². The molecular formula is C12H20N2O2. The minimum absolute atomic E-state index is 0.332. The molecule has 16 heavy (non-hydrogen) atoms. The van der Waals surface area contributed by atoms with Crippen molar-refractivity contribution in [3.8, 4) is 11.6 Å². The Bertz CT molecular complexity index is 327. The highest BCUT2D eigenvalue weighted by atomic mass is 16.5. The average Bonchev–Trinajstić information content (AvgIpc) is 2.28. The van der Waals surface area contributed by atoms with E-state index in [9.17, 15) is 0 Å². The predicted octanol–water partition coefficient (Wildman–Crippen LogP) is 1.99. The number of pyridine rings is 1. The molecule has 0 saturated heterocycles. The first kappa shape index (κ1) is 12.8. The highest BCUT2D eigenvalue weighted by Gasteiger charge is 2.18. The molecule has 0 amide bonds. The maximum atomic E-state index is 5.99. The van der Waals surface area contributed by atoms with E-state index in [-0.39, 0.29) is 5.54 Å². The van der Waals surface area contributed by atoms with Gasteiger partial charge in [-0.2, -0.15) is 0 Å². The summed E-state index contributed by atoms with van der Waals surface area (Å²) >= 11 is 0. The van der Waals surface area contributed by atoms with E-state index in [1.165, 1.54) is 0 Å². The van der Waals surface area contributed by atoms with Crippen molar-refractivity contribution in [2.24, 2.45) is 5.73 Å². The van der Waals surface area contributed by atoms with Crippen LogP contribution in [0, 0.1) is 0 Å². The van der Waals surface area contributed by atoms with Crippen LogP contribution in [0.15, 0.2) is 18.3 Å². The van der Waals surface area contributed by atoms with Crippen LogP contribution in [0.1, 0.15) is 27.2 Å². The molecule has 1 heterocycles. The maximum Gasteiger partial charge on any atom is 0.257 e. The molecule has 4 nitrogen and oxygen atoms in total. The standard InChI is InChI=1S/C12H20N2O2/c1-4-12(3,13)9-16-11-10(15-5-2)7-6-8-14-11/h6-8H,4-5,9,13H2,1-3H3. The highest BCUT2D eigenvalue weighted by molar-refractivity contribution is 5.32. The summed E-state index contributed by atoms with van der Waals surface area (Å²) in [5.41, 5.74) is 5.66. The van der Waals surface area contributed by atoms with Crippen LogP contribution in [0.2, 0.25) is 0 Å². The van der Waals surface area contributed by atoms with Gasteiger partial charge < -0.3 is 15.2 Å². The van der Waals surface area contributed by atoms with Crippen molar-refractivity contribution in [1.82, 2.24) is 4.98 Å². The second-order valence-electron chi connectivity index (χ2n) is 4.04. The van der Waals surface area contributed by atoms with Crippen LogP contribution < -0.4 is 15.2 Å². The van der Waals surface area contributed by atoms with Crippen molar-refractivity contribution in [2.45, 2.75) is 32.7 Å². The summed E-state index contributed by atoms with van der Waals surface area (Å²) in [6, 6.07) is 3.66. The minimum atomic E-state index is -0.332. The monoisotopic (exact) mass is 224 g/mol. The van der Waals surface area contributed by atoms with Gasteiger partial charge in [0.05, 0.1) is 6.61 Å². The molecule has 0 aliphatic heterocycles. The van der Waals surface area contributed by atoms with E-state index >= 15 is 0 Å². The molecule has 0 bridgehead atoms. The molecule has 1 rings (SSSR count). The molecule has 1 unspecified atom stereocenters. The second-order valence-corrected chi connectivity index (χ2v) is 4.04. The molecule has 2 N–H and O–H groups in total. The van der Waals surface area contributed by atoms with E-state index in [0.29, 0.717) is 24.8 Å². The van der Waals surface area contributed by atoms with Crippen molar-refractivity contribution in [3.63, 3.8) is 0 Å². The maximum absolute atomic E-state index is 5.99. The number of hydrogen-bond donors (Lipinski definition) is 1. The molecule has 1 atom stereocenters. The van der Waals surface area contributed by atoms with Crippen LogP contribution in [-0.4, -0.2) is 23.7 Å². The zero-order chi connectivity index (χ0) is 12.0. The summed E-state index contributed by atoms with van der Waals surface area (Å²) in [5.74, 6) is 1.17. The summed E-state index contributed by atoms with van der Waals surface area (Å²) in [4.78, 5) is 4.13. The van der Waals surface area contributed by atoms with Crippen LogP contribution in [0.25, 0.3) is 0 Å². The third kappa shape index (κ3) is 3.70. The first-order chi connectivity index (χ1) is 7.59. The first-order valence-corrected chi connectivity index (χ1v) is 5.58. The Hall–Kier alpha value is -1.29. The van der Waals surface area contributed by atoms with Crippen molar-refractivity contribution in [3.05, 3.63) is 18.3 Å². The Morgan fingerprint density at radius 2 is 2.12 bits per heavy atom. The van der Waals surface area contributed by atoms with Crippen molar-refractivity contribution in [2.75, 3.05) is 13.2 Å². The van der Waals surface area contributed by atoms with Gasteiger partial charge in [-0.3, -0.25) is 0 Å². The fraction of sp³-hybridized carbons (Fsp3) is 0.583. The second kappa shape index (κ2) is 5.70. The van der Waals surface area contributed by atoms with E-state index in [1.807, 2.05) is 32.9 Å². The van der Waals surface area contributed by atoms with Gasteiger partial charge in [-0.05, 0) is 32.4 Å². The highest BCUT2D eigenvalue weighted by Crippen LogP contribution is 2.24. The van der Waals surface area contributed by atoms with Gasteiger partial charge in [-0.25, -0.2) is 4.98 Å². The molecule has 0 fully saturated rings. The lowest BCUT2D eigenvalue weighted by atomic mass is 10.0. The molecule has 90 valence electrons. The molecule has 0 saturated carbocycles. The fourth-order valence-electron chi connectivity index (χ4n) is 1.09. The van der Waals surface area contributed by atoms with E-state index in [1.54, 1.807) is 6.20 Å². The lowest BCUT2D eigenvalue weighted by Crippen LogP contribution is -2.41. The largest absolute Gasteiger partial charge is 0.488 e. The Balaban J connectivity index is 2.66.